The van der Waals surface area contributed by atoms with Gasteiger partial charge in [-0.3, -0.25) is 11.3 Å². The summed E-state index contributed by atoms with van der Waals surface area (Å²) in [4.78, 5) is 0. The molecule has 1 rings (SSSR count). The van der Waals surface area contributed by atoms with Gasteiger partial charge in [-0.15, -0.1) is 0 Å². The molecule has 0 saturated carbocycles. The van der Waals surface area contributed by atoms with Crippen LogP contribution in [0.4, 0.5) is 0 Å². The van der Waals surface area contributed by atoms with Crippen LogP contribution < -0.4 is 11.3 Å². The summed E-state index contributed by atoms with van der Waals surface area (Å²) in [7, 11) is 0. The highest BCUT2D eigenvalue weighted by Crippen LogP contribution is 2.37. The molecule has 4 heteroatoms. The van der Waals surface area contributed by atoms with Crippen molar-refractivity contribution in [2.45, 2.75) is 33.2 Å². The molecule has 0 radical (unpaired) electrons. The van der Waals surface area contributed by atoms with Crippen LogP contribution in [-0.4, -0.2) is 0 Å². The minimum Gasteiger partial charge on any atom is -0.271 e. The van der Waals surface area contributed by atoms with E-state index in [0.717, 1.165) is 12.0 Å². The highest BCUT2D eigenvalue weighted by atomic mass is 35.5. The molecule has 1 aromatic rings. The van der Waals surface area contributed by atoms with E-state index < -0.39 is 0 Å². The maximum atomic E-state index is 6.01. The number of halogens is 2. The van der Waals surface area contributed by atoms with E-state index in [1.165, 1.54) is 0 Å². The normalized spacial score (nSPS) is 13.9. The Morgan fingerprint density at radius 1 is 1.31 bits per heavy atom. The van der Waals surface area contributed by atoms with Crippen LogP contribution in [-0.2, 0) is 0 Å². The number of rotatable bonds is 4. The van der Waals surface area contributed by atoms with Crippen molar-refractivity contribution in [2.75, 3.05) is 0 Å². The van der Waals surface area contributed by atoms with E-state index in [0.29, 0.717) is 10.0 Å². The molecule has 0 amide bonds. The molecular formula is C12H18Cl2N2. The first-order valence-corrected chi connectivity index (χ1v) is 6.09. The van der Waals surface area contributed by atoms with E-state index in [4.69, 9.17) is 29.0 Å². The summed E-state index contributed by atoms with van der Waals surface area (Å²) >= 11 is 11.9. The topological polar surface area (TPSA) is 38.0 Å². The van der Waals surface area contributed by atoms with Gasteiger partial charge in [0.25, 0.3) is 0 Å². The van der Waals surface area contributed by atoms with Crippen LogP contribution in [0.2, 0.25) is 10.0 Å². The van der Waals surface area contributed by atoms with Crippen molar-refractivity contribution in [3.8, 4) is 0 Å². The molecule has 16 heavy (non-hydrogen) atoms. The van der Waals surface area contributed by atoms with Gasteiger partial charge in [0, 0.05) is 0 Å². The molecule has 0 spiro atoms. The zero-order valence-electron chi connectivity index (χ0n) is 9.85. The fourth-order valence-electron chi connectivity index (χ4n) is 1.67. The molecule has 0 fully saturated rings. The molecule has 1 unspecified atom stereocenters. The summed E-state index contributed by atoms with van der Waals surface area (Å²) in [5.41, 5.74) is 3.97. The molecule has 1 atom stereocenters. The van der Waals surface area contributed by atoms with Gasteiger partial charge in [0.1, 0.15) is 0 Å². The number of hydrazine groups is 1. The van der Waals surface area contributed by atoms with Crippen molar-refractivity contribution in [1.29, 1.82) is 0 Å². The fourth-order valence-corrected chi connectivity index (χ4v) is 1.98. The van der Waals surface area contributed by atoms with Gasteiger partial charge in [0.15, 0.2) is 0 Å². The molecule has 90 valence electrons. The zero-order valence-corrected chi connectivity index (χ0v) is 11.4. The van der Waals surface area contributed by atoms with Gasteiger partial charge in [-0.25, -0.2) is 0 Å². The Hall–Kier alpha value is -0.280. The summed E-state index contributed by atoms with van der Waals surface area (Å²) in [6.07, 6.45) is 1.02. The van der Waals surface area contributed by atoms with E-state index in [-0.39, 0.29) is 11.5 Å². The van der Waals surface area contributed by atoms with E-state index in [9.17, 15) is 0 Å². The lowest BCUT2D eigenvalue weighted by Crippen LogP contribution is -2.38. The number of hydrogen-bond donors (Lipinski definition) is 2. The van der Waals surface area contributed by atoms with Gasteiger partial charge in [0.05, 0.1) is 16.1 Å². The van der Waals surface area contributed by atoms with Crippen LogP contribution in [0.3, 0.4) is 0 Å². The van der Waals surface area contributed by atoms with E-state index in [2.05, 4.69) is 26.2 Å². The average molecular weight is 261 g/mol. The minimum atomic E-state index is 0.0614. The van der Waals surface area contributed by atoms with Crippen molar-refractivity contribution < 1.29 is 0 Å². The maximum Gasteiger partial charge on any atom is 0.0595 e. The van der Waals surface area contributed by atoms with Crippen LogP contribution in [0.25, 0.3) is 0 Å². The van der Waals surface area contributed by atoms with Crippen molar-refractivity contribution in [3.63, 3.8) is 0 Å². The van der Waals surface area contributed by atoms with Crippen LogP contribution >= 0.6 is 23.2 Å². The molecule has 0 aliphatic heterocycles. The van der Waals surface area contributed by atoms with E-state index in [1.54, 1.807) is 6.07 Å². The highest BCUT2D eigenvalue weighted by Gasteiger charge is 2.28. The summed E-state index contributed by atoms with van der Waals surface area (Å²) < 4.78 is 0. The first-order valence-electron chi connectivity index (χ1n) is 5.33. The zero-order chi connectivity index (χ0) is 12.3. The predicted molar refractivity (Wildman–Crippen MR) is 70.6 cm³/mol. The molecule has 3 N–H and O–H groups in total. The lowest BCUT2D eigenvalue weighted by Gasteiger charge is -2.33. The fraction of sp³-hybridized carbons (Fsp3) is 0.500. The van der Waals surface area contributed by atoms with Crippen molar-refractivity contribution in [2.24, 2.45) is 11.3 Å². The van der Waals surface area contributed by atoms with Crippen LogP contribution in [0, 0.1) is 5.41 Å². The van der Waals surface area contributed by atoms with Gasteiger partial charge >= 0.3 is 0 Å². The van der Waals surface area contributed by atoms with Gasteiger partial charge < -0.3 is 0 Å². The second-order valence-electron chi connectivity index (χ2n) is 4.62. The summed E-state index contributed by atoms with van der Waals surface area (Å²) in [5.74, 6) is 5.63. The average Bonchev–Trinajstić information content (AvgIpc) is 2.24. The lowest BCUT2D eigenvalue weighted by atomic mass is 9.79. The Bertz CT molecular complexity index is 364. The Morgan fingerprint density at radius 3 is 2.38 bits per heavy atom. The van der Waals surface area contributed by atoms with Crippen molar-refractivity contribution >= 4 is 23.2 Å². The molecule has 0 bridgehead atoms. The van der Waals surface area contributed by atoms with Gasteiger partial charge in [-0.1, -0.05) is 50.0 Å². The largest absolute Gasteiger partial charge is 0.271 e. The number of benzene rings is 1. The smallest absolute Gasteiger partial charge is 0.0595 e. The molecule has 0 heterocycles. The first-order chi connectivity index (χ1) is 7.42. The molecule has 2 nitrogen and oxygen atoms in total. The van der Waals surface area contributed by atoms with Gasteiger partial charge in [-0.05, 0) is 29.5 Å². The molecule has 1 aromatic carbocycles. The second-order valence-corrected chi connectivity index (χ2v) is 5.43. The van der Waals surface area contributed by atoms with Crippen molar-refractivity contribution in [3.05, 3.63) is 33.8 Å². The van der Waals surface area contributed by atoms with Crippen LogP contribution in [0.15, 0.2) is 18.2 Å². The number of nitrogens with one attached hydrogen (secondary N) is 1. The Kier molecular flexibility index (Phi) is 4.62. The second kappa shape index (κ2) is 5.37. The Morgan fingerprint density at radius 2 is 1.94 bits per heavy atom. The minimum absolute atomic E-state index is 0.0614. The van der Waals surface area contributed by atoms with Gasteiger partial charge in [0.2, 0.25) is 0 Å². The van der Waals surface area contributed by atoms with E-state index >= 15 is 0 Å². The van der Waals surface area contributed by atoms with Crippen molar-refractivity contribution in [1.82, 2.24) is 5.43 Å². The third-order valence-electron chi connectivity index (χ3n) is 3.14. The van der Waals surface area contributed by atoms with Crippen LogP contribution in [0.5, 0.6) is 0 Å². The van der Waals surface area contributed by atoms with Crippen LogP contribution in [0.1, 0.15) is 38.8 Å². The monoisotopic (exact) mass is 260 g/mol. The predicted octanol–water partition coefficient (Wildman–Crippen LogP) is 3.93. The third-order valence-corrected chi connectivity index (χ3v) is 3.88. The molecular weight excluding hydrogens is 243 g/mol. The standard InChI is InChI=1S/C12H18Cl2N2/c1-4-12(2,3)11(16-15)8-5-6-9(13)10(14)7-8/h5-7,11,16H,4,15H2,1-3H3. The molecule has 0 aliphatic carbocycles. The quantitative estimate of drug-likeness (QED) is 0.636. The summed E-state index contributed by atoms with van der Waals surface area (Å²) in [5, 5.41) is 1.13. The molecule has 0 saturated heterocycles. The SMILES string of the molecule is CCC(C)(C)C(NN)c1ccc(Cl)c(Cl)c1. The number of hydrogen-bond acceptors (Lipinski definition) is 2. The molecule has 0 aliphatic rings. The summed E-state index contributed by atoms with van der Waals surface area (Å²) in [6.45, 7) is 6.47. The Labute approximate surface area is 107 Å². The molecule has 0 aromatic heterocycles. The highest BCUT2D eigenvalue weighted by molar-refractivity contribution is 6.42. The summed E-state index contributed by atoms with van der Waals surface area (Å²) in [6, 6.07) is 5.68. The first kappa shape index (κ1) is 13.8. The lowest BCUT2D eigenvalue weighted by molar-refractivity contribution is 0.236. The van der Waals surface area contributed by atoms with Gasteiger partial charge in [-0.2, -0.15) is 0 Å². The third kappa shape index (κ3) is 2.89. The maximum absolute atomic E-state index is 6.01. The Balaban J connectivity index is 3.09. The number of nitrogens with two attached hydrogens (primary N) is 1. The van der Waals surface area contributed by atoms with E-state index in [1.807, 2.05) is 12.1 Å².